The Morgan fingerprint density at radius 2 is 1.69 bits per heavy atom. The molecule has 0 unspecified atom stereocenters. The van der Waals surface area contributed by atoms with E-state index in [0.717, 1.165) is 18.2 Å². The summed E-state index contributed by atoms with van der Waals surface area (Å²) in [7, 11) is 0. The summed E-state index contributed by atoms with van der Waals surface area (Å²) in [6, 6.07) is 17.0. The highest BCUT2D eigenvalue weighted by Gasteiger charge is 2.33. The molecule has 3 aromatic rings. The molecule has 1 heterocycles. The molecule has 3 aromatic carbocycles. The molecule has 4 rings (SSSR count). The van der Waals surface area contributed by atoms with E-state index in [1.807, 2.05) is 18.2 Å². The monoisotopic (exact) mass is 523 g/mol. The van der Waals surface area contributed by atoms with E-state index in [1.54, 1.807) is 43.3 Å². The number of thiocarbonyl (C=S) groups is 1. The minimum atomic E-state index is -0.758. The van der Waals surface area contributed by atoms with E-state index >= 15 is 0 Å². The number of ether oxygens (including phenoxy) is 2. The molecule has 0 atom stereocenters. The van der Waals surface area contributed by atoms with Crippen molar-refractivity contribution in [3.05, 3.63) is 97.4 Å². The molecule has 10 nitrogen and oxygen atoms in total. The predicted octanol–water partition coefficient (Wildman–Crippen LogP) is 6.10. The van der Waals surface area contributed by atoms with Gasteiger partial charge in [0.05, 0.1) is 33.1 Å². The molecular formula is C24H17N3O7S2. The molecule has 182 valence electrons. The first-order valence-corrected chi connectivity index (χ1v) is 11.7. The van der Waals surface area contributed by atoms with Gasteiger partial charge in [-0.1, -0.05) is 48.2 Å². The van der Waals surface area contributed by atoms with Crippen molar-refractivity contribution in [2.45, 2.75) is 6.92 Å². The molecule has 0 radical (unpaired) electrons. The number of non-ortho nitro benzene ring substituents is 1. The molecular weight excluding hydrogens is 506 g/mol. The quantitative estimate of drug-likeness (QED) is 0.149. The van der Waals surface area contributed by atoms with Crippen molar-refractivity contribution in [1.82, 2.24) is 0 Å². The first-order chi connectivity index (χ1) is 17.3. The third-order valence-corrected chi connectivity index (χ3v) is 6.25. The highest BCUT2D eigenvalue weighted by atomic mass is 32.2. The van der Waals surface area contributed by atoms with E-state index in [4.69, 9.17) is 21.7 Å². The smallest absolute Gasteiger partial charge is 0.318 e. The second-order valence-corrected chi connectivity index (χ2v) is 8.94. The van der Waals surface area contributed by atoms with Gasteiger partial charge in [0.1, 0.15) is 0 Å². The first kappa shape index (κ1) is 24.8. The number of benzene rings is 3. The summed E-state index contributed by atoms with van der Waals surface area (Å²) < 4.78 is 11.8. The standard InChI is InChI=1S/C24H17N3O7S2/c1-2-33-21-12-15(13-22-23(28)25(24(35)36-22)16-6-4-3-5-7-16)8-10-20(21)34-19-11-9-17(26(29)30)14-18(19)27(31)32/h3-14H,2H2,1H3/b22-13+. The molecule has 1 fully saturated rings. The number of anilines is 1. The second kappa shape index (κ2) is 10.5. The number of hydrogen-bond acceptors (Lipinski definition) is 9. The maximum atomic E-state index is 13.0. The second-order valence-electron chi connectivity index (χ2n) is 7.26. The molecule has 0 bridgehead atoms. The van der Waals surface area contributed by atoms with Crippen LogP contribution >= 0.6 is 24.0 Å². The highest BCUT2D eigenvalue weighted by Crippen LogP contribution is 2.40. The van der Waals surface area contributed by atoms with Crippen LogP contribution in [0, 0.1) is 20.2 Å². The zero-order chi connectivity index (χ0) is 25.8. The van der Waals surface area contributed by atoms with Crippen molar-refractivity contribution in [1.29, 1.82) is 0 Å². The Morgan fingerprint density at radius 3 is 2.36 bits per heavy atom. The normalized spacial score (nSPS) is 14.2. The number of thioether (sulfide) groups is 1. The molecule has 36 heavy (non-hydrogen) atoms. The first-order valence-electron chi connectivity index (χ1n) is 10.5. The maximum absolute atomic E-state index is 13.0. The van der Waals surface area contributed by atoms with Gasteiger partial charge < -0.3 is 9.47 Å². The lowest BCUT2D eigenvalue weighted by molar-refractivity contribution is -0.394. The summed E-state index contributed by atoms with van der Waals surface area (Å²) in [5.74, 6) is 0.0132. The summed E-state index contributed by atoms with van der Waals surface area (Å²) in [4.78, 5) is 35.8. The number of carbonyl (C=O) groups is 1. The van der Waals surface area contributed by atoms with Crippen LogP contribution in [0.4, 0.5) is 17.1 Å². The fraction of sp³-hybridized carbons (Fsp3) is 0.0833. The van der Waals surface area contributed by atoms with Gasteiger partial charge in [-0.3, -0.25) is 29.9 Å². The van der Waals surface area contributed by atoms with E-state index in [2.05, 4.69) is 0 Å². The lowest BCUT2D eigenvalue weighted by Gasteiger charge is -2.14. The summed E-state index contributed by atoms with van der Waals surface area (Å²) in [6.07, 6.45) is 1.67. The van der Waals surface area contributed by atoms with Crippen molar-refractivity contribution in [3.8, 4) is 17.2 Å². The molecule has 1 aliphatic rings. The Hall–Kier alpha value is -4.29. The average molecular weight is 524 g/mol. The van der Waals surface area contributed by atoms with Gasteiger partial charge in [-0.15, -0.1) is 0 Å². The van der Waals surface area contributed by atoms with E-state index in [1.165, 1.54) is 16.7 Å². The zero-order valence-corrected chi connectivity index (χ0v) is 20.3. The Kier molecular flexibility index (Phi) is 7.27. The van der Waals surface area contributed by atoms with Crippen molar-refractivity contribution in [3.63, 3.8) is 0 Å². The number of hydrogen-bond donors (Lipinski definition) is 0. The van der Waals surface area contributed by atoms with E-state index < -0.39 is 21.2 Å². The minimum Gasteiger partial charge on any atom is -0.490 e. The summed E-state index contributed by atoms with van der Waals surface area (Å²) in [5, 5.41) is 22.4. The van der Waals surface area contributed by atoms with Crippen LogP contribution in [0.3, 0.4) is 0 Å². The van der Waals surface area contributed by atoms with Gasteiger partial charge >= 0.3 is 5.69 Å². The molecule has 0 saturated carbocycles. The third kappa shape index (κ3) is 5.19. The van der Waals surface area contributed by atoms with E-state index in [9.17, 15) is 25.0 Å². The number of para-hydroxylation sites is 1. The van der Waals surface area contributed by atoms with E-state index in [0.29, 0.717) is 20.5 Å². The van der Waals surface area contributed by atoms with Gasteiger partial charge in [0.25, 0.3) is 11.6 Å². The number of carbonyl (C=O) groups excluding carboxylic acids is 1. The van der Waals surface area contributed by atoms with Crippen LogP contribution in [-0.2, 0) is 4.79 Å². The fourth-order valence-corrected chi connectivity index (χ4v) is 4.65. The molecule has 0 aromatic heterocycles. The van der Waals surface area contributed by atoms with Crippen molar-refractivity contribution >= 4 is 57.3 Å². The fourth-order valence-electron chi connectivity index (χ4n) is 3.35. The Morgan fingerprint density at radius 1 is 0.972 bits per heavy atom. The number of nitrogens with zero attached hydrogens (tertiary/aromatic N) is 3. The number of nitro benzene ring substituents is 2. The predicted molar refractivity (Wildman–Crippen MR) is 140 cm³/mol. The van der Waals surface area contributed by atoms with Crippen LogP contribution < -0.4 is 14.4 Å². The molecule has 1 amide bonds. The number of rotatable bonds is 8. The molecule has 0 spiro atoms. The Balaban J connectivity index is 1.64. The van der Waals surface area contributed by atoms with Crippen LogP contribution in [0.25, 0.3) is 6.08 Å². The third-order valence-electron chi connectivity index (χ3n) is 4.94. The Bertz CT molecular complexity index is 1410. The highest BCUT2D eigenvalue weighted by molar-refractivity contribution is 8.27. The summed E-state index contributed by atoms with van der Waals surface area (Å²) in [5.41, 5.74) is 0.312. The van der Waals surface area contributed by atoms with Crippen molar-refractivity contribution < 1.29 is 24.1 Å². The van der Waals surface area contributed by atoms with Crippen molar-refractivity contribution in [2.24, 2.45) is 0 Å². The molecule has 0 N–H and O–H groups in total. The van der Waals surface area contributed by atoms with Gasteiger partial charge in [-0.2, -0.15) is 0 Å². The average Bonchev–Trinajstić information content (AvgIpc) is 3.13. The topological polar surface area (TPSA) is 125 Å². The SMILES string of the molecule is CCOc1cc(/C=C2/SC(=S)N(c3ccccc3)C2=O)ccc1Oc1ccc([N+](=O)[O-])cc1[N+](=O)[O-]. The lowest BCUT2D eigenvalue weighted by atomic mass is 10.1. The van der Waals surface area contributed by atoms with Crippen molar-refractivity contribution in [2.75, 3.05) is 11.5 Å². The van der Waals surface area contributed by atoms with Crippen LogP contribution in [-0.4, -0.2) is 26.7 Å². The van der Waals surface area contributed by atoms with E-state index in [-0.39, 0.29) is 29.8 Å². The van der Waals surface area contributed by atoms with Gasteiger partial charge in [-0.05, 0) is 48.9 Å². The van der Waals surface area contributed by atoms with Gasteiger partial charge in [0.15, 0.2) is 15.8 Å². The van der Waals surface area contributed by atoms with Crippen LogP contribution in [0.2, 0.25) is 0 Å². The molecule has 12 heteroatoms. The largest absolute Gasteiger partial charge is 0.490 e. The molecule has 0 aliphatic carbocycles. The molecule has 1 aliphatic heterocycles. The number of nitro groups is 2. The van der Waals surface area contributed by atoms with Crippen LogP contribution in [0.5, 0.6) is 17.2 Å². The minimum absolute atomic E-state index is 0.169. The lowest BCUT2D eigenvalue weighted by Crippen LogP contribution is -2.27. The van der Waals surface area contributed by atoms with Crippen LogP contribution in [0.1, 0.15) is 12.5 Å². The number of amides is 1. The summed E-state index contributed by atoms with van der Waals surface area (Å²) >= 11 is 6.57. The Labute approximate surface area is 214 Å². The maximum Gasteiger partial charge on any atom is 0.318 e. The zero-order valence-electron chi connectivity index (χ0n) is 18.7. The molecule has 1 saturated heterocycles. The van der Waals surface area contributed by atoms with Gasteiger partial charge in [0.2, 0.25) is 5.75 Å². The van der Waals surface area contributed by atoms with Gasteiger partial charge in [-0.25, -0.2) is 0 Å². The van der Waals surface area contributed by atoms with Crippen LogP contribution in [0.15, 0.2) is 71.6 Å². The summed E-state index contributed by atoms with van der Waals surface area (Å²) in [6.45, 7) is 2.04. The van der Waals surface area contributed by atoms with Gasteiger partial charge in [0, 0.05) is 6.07 Å².